The lowest BCUT2D eigenvalue weighted by Crippen LogP contribution is -2.44. The Morgan fingerprint density at radius 3 is 2.26 bits per heavy atom. The summed E-state index contributed by atoms with van der Waals surface area (Å²) in [5.74, 6) is 0. The molecule has 0 radical (unpaired) electrons. The van der Waals surface area contributed by atoms with E-state index in [2.05, 4.69) is 82.5 Å². The number of likely N-dealkylation sites (N-methyl/N-ethyl adjacent to an activating group) is 1. The minimum absolute atomic E-state index is 0.808. The van der Waals surface area contributed by atoms with Gasteiger partial charge < -0.3 is 9.80 Å². The zero-order chi connectivity index (χ0) is 23.4. The third-order valence-electron chi connectivity index (χ3n) is 7.50. The lowest BCUT2D eigenvalue weighted by atomic mass is 9.99. The second-order valence-electron chi connectivity index (χ2n) is 9.83. The zero-order valence-electron chi connectivity index (χ0n) is 19.9. The molecule has 5 nitrogen and oxygen atoms in total. The van der Waals surface area contributed by atoms with Crippen LogP contribution in [0, 0.1) is 0 Å². The van der Waals surface area contributed by atoms with Crippen molar-refractivity contribution in [2.45, 2.75) is 12.8 Å². The molecule has 0 unspecified atom stereocenters. The number of anilines is 1. The lowest BCUT2D eigenvalue weighted by molar-refractivity contribution is 0.313. The van der Waals surface area contributed by atoms with Gasteiger partial charge >= 0.3 is 0 Å². The number of nitrogens with zero attached hydrogens (tertiary/aromatic N) is 5. The highest BCUT2D eigenvalue weighted by Gasteiger charge is 2.22. The van der Waals surface area contributed by atoms with Crippen molar-refractivity contribution in [3.8, 4) is 0 Å². The van der Waals surface area contributed by atoms with Crippen molar-refractivity contribution in [1.82, 2.24) is 9.88 Å². The molecule has 7 rings (SSSR count). The average molecular weight is 458 g/mol. The Bertz CT molecular complexity index is 1530. The first-order valence-corrected chi connectivity index (χ1v) is 12.4. The average Bonchev–Trinajstić information content (AvgIpc) is 3.52. The topological polar surface area (TPSA) is 44.1 Å². The first-order valence-electron chi connectivity index (χ1n) is 12.4. The van der Waals surface area contributed by atoms with E-state index < -0.39 is 0 Å². The summed E-state index contributed by atoms with van der Waals surface area (Å²) in [5.41, 5.74) is 10.4. The number of hydrogen-bond donors (Lipinski definition) is 0. The molecule has 0 bridgehead atoms. The Hall–Kier alpha value is -3.83. The van der Waals surface area contributed by atoms with Gasteiger partial charge in [-0.2, -0.15) is 0 Å². The van der Waals surface area contributed by atoms with Crippen LogP contribution in [0.25, 0.3) is 10.8 Å². The molecular weight excluding hydrogens is 430 g/mol. The summed E-state index contributed by atoms with van der Waals surface area (Å²) in [6.45, 7) is 4.41. The standard InChI is InChI=1S/C30H27N5/c1-34-10-12-35(13-11-34)25-7-9-27-24(15-25)17-28(32-27)21-6-8-26-23(14-21)18-30(33-26)29-16-20-4-2-3-5-22(20)19-31-29/h2-9,14-16,19H,10-13,17-18H2,1H3. The molecule has 4 aromatic rings. The molecule has 172 valence electrons. The number of aromatic nitrogens is 1. The van der Waals surface area contributed by atoms with Crippen LogP contribution in [0.1, 0.15) is 22.4 Å². The summed E-state index contributed by atoms with van der Waals surface area (Å²) < 4.78 is 0. The smallest absolute Gasteiger partial charge is 0.0854 e. The van der Waals surface area contributed by atoms with Gasteiger partial charge in [0.15, 0.2) is 0 Å². The summed E-state index contributed by atoms with van der Waals surface area (Å²) in [6, 6.07) is 23.8. The number of benzene rings is 3. The van der Waals surface area contributed by atoms with E-state index in [1.54, 1.807) is 0 Å². The van der Waals surface area contributed by atoms with Gasteiger partial charge in [-0.05, 0) is 65.5 Å². The molecule has 0 saturated carbocycles. The van der Waals surface area contributed by atoms with Gasteiger partial charge in [0.25, 0.3) is 0 Å². The van der Waals surface area contributed by atoms with E-state index in [0.29, 0.717) is 0 Å². The number of aliphatic imine (C=N–C) groups is 2. The maximum Gasteiger partial charge on any atom is 0.0854 e. The minimum atomic E-state index is 0.808. The van der Waals surface area contributed by atoms with Crippen molar-refractivity contribution < 1.29 is 0 Å². The second-order valence-corrected chi connectivity index (χ2v) is 9.83. The molecular formula is C30H27N5. The summed E-state index contributed by atoms with van der Waals surface area (Å²) >= 11 is 0. The molecule has 0 atom stereocenters. The van der Waals surface area contributed by atoms with Gasteiger partial charge in [-0.1, -0.05) is 30.3 Å². The predicted octanol–water partition coefficient (Wildman–Crippen LogP) is 5.34. The van der Waals surface area contributed by atoms with Crippen LogP contribution in [0.15, 0.2) is 82.9 Å². The van der Waals surface area contributed by atoms with Crippen molar-refractivity contribution >= 4 is 39.3 Å². The summed E-state index contributed by atoms with van der Waals surface area (Å²) in [5, 5.41) is 2.36. The predicted molar refractivity (Wildman–Crippen MR) is 144 cm³/mol. The van der Waals surface area contributed by atoms with Gasteiger partial charge in [-0.3, -0.25) is 15.0 Å². The summed E-state index contributed by atoms with van der Waals surface area (Å²) in [6.07, 6.45) is 3.64. The fraction of sp³-hybridized carbons (Fsp3) is 0.233. The van der Waals surface area contributed by atoms with Crippen LogP contribution in [-0.2, 0) is 12.8 Å². The number of rotatable bonds is 3. The van der Waals surface area contributed by atoms with Gasteiger partial charge in [0, 0.05) is 56.3 Å². The quantitative estimate of drug-likeness (QED) is 0.417. The fourth-order valence-electron chi connectivity index (χ4n) is 5.39. The SMILES string of the molecule is CN1CCN(c2ccc3c(c2)CC(c2ccc4c(c2)CC(c2cc5ccccc5cn2)=N4)=N3)CC1. The third-order valence-corrected chi connectivity index (χ3v) is 7.50. The molecule has 1 saturated heterocycles. The molecule has 1 aromatic heterocycles. The first kappa shape index (κ1) is 20.5. The Kier molecular flexibility index (Phi) is 4.77. The van der Waals surface area contributed by atoms with Crippen molar-refractivity contribution in [3.63, 3.8) is 0 Å². The molecule has 0 spiro atoms. The monoisotopic (exact) mass is 457 g/mol. The van der Waals surface area contributed by atoms with Crippen LogP contribution in [0.5, 0.6) is 0 Å². The summed E-state index contributed by atoms with van der Waals surface area (Å²) in [4.78, 5) is 19.5. The summed E-state index contributed by atoms with van der Waals surface area (Å²) in [7, 11) is 2.20. The first-order chi connectivity index (χ1) is 17.2. The van der Waals surface area contributed by atoms with Crippen LogP contribution in [0.3, 0.4) is 0 Å². The molecule has 3 aliphatic heterocycles. The van der Waals surface area contributed by atoms with Crippen LogP contribution in [-0.4, -0.2) is 54.5 Å². The Morgan fingerprint density at radius 2 is 1.40 bits per heavy atom. The minimum Gasteiger partial charge on any atom is -0.369 e. The van der Waals surface area contributed by atoms with Crippen LogP contribution in [0.4, 0.5) is 17.1 Å². The molecule has 3 aromatic carbocycles. The molecule has 3 aliphatic rings. The van der Waals surface area contributed by atoms with E-state index >= 15 is 0 Å². The molecule has 0 aliphatic carbocycles. The number of piperazine rings is 1. The highest BCUT2D eigenvalue weighted by molar-refractivity contribution is 6.09. The largest absolute Gasteiger partial charge is 0.369 e. The van der Waals surface area contributed by atoms with E-state index in [4.69, 9.17) is 9.98 Å². The maximum atomic E-state index is 5.00. The van der Waals surface area contributed by atoms with Gasteiger partial charge in [-0.15, -0.1) is 0 Å². The molecule has 5 heteroatoms. The lowest BCUT2D eigenvalue weighted by Gasteiger charge is -2.34. The zero-order valence-corrected chi connectivity index (χ0v) is 19.9. The highest BCUT2D eigenvalue weighted by atomic mass is 15.2. The highest BCUT2D eigenvalue weighted by Crippen LogP contribution is 2.35. The van der Waals surface area contributed by atoms with Crippen molar-refractivity contribution in [1.29, 1.82) is 0 Å². The van der Waals surface area contributed by atoms with E-state index in [1.807, 2.05) is 12.3 Å². The maximum absolute atomic E-state index is 5.00. The number of pyridine rings is 1. The molecule has 4 heterocycles. The van der Waals surface area contributed by atoms with Gasteiger partial charge in [0.1, 0.15) is 0 Å². The van der Waals surface area contributed by atoms with Crippen LogP contribution < -0.4 is 4.90 Å². The van der Waals surface area contributed by atoms with Crippen molar-refractivity contribution in [3.05, 3.63) is 95.3 Å². The third kappa shape index (κ3) is 3.72. The second kappa shape index (κ2) is 8.14. The molecule has 1 fully saturated rings. The fourth-order valence-corrected chi connectivity index (χ4v) is 5.39. The van der Waals surface area contributed by atoms with Crippen LogP contribution in [0.2, 0.25) is 0 Å². The van der Waals surface area contributed by atoms with E-state index in [9.17, 15) is 0 Å². The number of hydrogen-bond acceptors (Lipinski definition) is 5. The van der Waals surface area contributed by atoms with Gasteiger partial charge in [0.2, 0.25) is 0 Å². The van der Waals surface area contributed by atoms with E-state index in [0.717, 1.165) is 72.9 Å². The van der Waals surface area contributed by atoms with E-state index in [1.165, 1.54) is 27.8 Å². The number of fused-ring (bicyclic) bond motifs is 3. The molecule has 0 amide bonds. The Morgan fingerprint density at radius 1 is 0.686 bits per heavy atom. The Labute approximate surface area is 205 Å². The van der Waals surface area contributed by atoms with Crippen LogP contribution >= 0.6 is 0 Å². The van der Waals surface area contributed by atoms with Gasteiger partial charge in [-0.25, -0.2) is 0 Å². The van der Waals surface area contributed by atoms with Crippen molar-refractivity contribution in [2.24, 2.45) is 9.98 Å². The molecule has 35 heavy (non-hydrogen) atoms. The Balaban J connectivity index is 1.10. The normalized spacial score (nSPS) is 17.3. The molecule has 0 N–H and O–H groups in total. The van der Waals surface area contributed by atoms with Crippen molar-refractivity contribution in [2.75, 3.05) is 38.1 Å². The van der Waals surface area contributed by atoms with Gasteiger partial charge in [0.05, 0.1) is 28.5 Å². The van der Waals surface area contributed by atoms with E-state index in [-0.39, 0.29) is 0 Å².